The molecule has 188 valence electrons. The van der Waals surface area contributed by atoms with Gasteiger partial charge in [-0.15, -0.1) is 0 Å². The topological polar surface area (TPSA) is 84.6 Å². The quantitative estimate of drug-likeness (QED) is 0.151. The van der Waals surface area contributed by atoms with Gasteiger partial charge in [-0.2, -0.15) is 0 Å². The Bertz CT molecular complexity index is 1190. The molecule has 0 radical (unpaired) electrons. The van der Waals surface area contributed by atoms with Gasteiger partial charge in [0, 0.05) is 0 Å². The van der Waals surface area contributed by atoms with Crippen molar-refractivity contribution in [1.82, 2.24) is 23.8 Å². The van der Waals surface area contributed by atoms with Gasteiger partial charge >= 0.3 is 209 Å². The van der Waals surface area contributed by atoms with Gasteiger partial charge < -0.3 is 0 Å². The predicted molar refractivity (Wildman–Crippen MR) is 148 cm³/mol. The number of hydrogen-bond donors (Lipinski definition) is 2. The molecule has 0 aromatic carbocycles. The summed E-state index contributed by atoms with van der Waals surface area (Å²) < 4.78 is 20.8. The molecule has 0 spiro atoms. The van der Waals surface area contributed by atoms with Crippen LogP contribution >= 0.6 is 25.1 Å². The van der Waals surface area contributed by atoms with E-state index >= 15 is 0 Å². The van der Waals surface area contributed by atoms with Crippen LogP contribution in [0.1, 0.15) is 43.5 Å². The van der Waals surface area contributed by atoms with Crippen molar-refractivity contribution >= 4 is 55.3 Å². The number of esters is 1. The van der Waals surface area contributed by atoms with Gasteiger partial charge in [-0.3, -0.25) is 0 Å². The summed E-state index contributed by atoms with van der Waals surface area (Å²) in [6.45, 7) is 8.13. The summed E-state index contributed by atoms with van der Waals surface area (Å²) in [6.07, 6.45) is 15.3. The van der Waals surface area contributed by atoms with Gasteiger partial charge in [0.15, 0.2) is 0 Å². The fourth-order valence-electron chi connectivity index (χ4n) is 3.30. The Labute approximate surface area is 221 Å². The van der Waals surface area contributed by atoms with Crippen molar-refractivity contribution in [1.29, 1.82) is 0 Å². The van der Waals surface area contributed by atoms with Gasteiger partial charge in [0.2, 0.25) is 0 Å². The van der Waals surface area contributed by atoms with Gasteiger partial charge in [-0.25, -0.2) is 0 Å². The van der Waals surface area contributed by atoms with Gasteiger partial charge in [-0.1, -0.05) is 6.08 Å². The Kier molecular flexibility index (Phi) is 10.7. The Morgan fingerprint density at radius 3 is 2.92 bits per heavy atom. The van der Waals surface area contributed by atoms with E-state index in [1.54, 1.807) is 17.1 Å². The first-order valence-corrected chi connectivity index (χ1v) is 12.4. The summed E-state index contributed by atoms with van der Waals surface area (Å²) in [5.74, 6) is 0.430. The molecule has 0 amide bonds. The molecule has 12 heteroatoms. The van der Waals surface area contributed by atoms with Crippen LogP contribution in [0.2, 0.25) is 0 Å². The third-order valence-electron chi connectivity index (χ3n) is 5.06. The van der Waals surface area contributed by atoms with Gasteiger partial charge in [0.25, 0.3) is 0 Å². The number of carbonyl (C=O) groups excluding carboxylic acids is 1. The fourth-order valence-corrected chi connectivity index (χ4v) is 3.64. The number of pyridine rings is 1. The number of aromatic nitrogens is 3. The Hall–Kier alpha value is -2.96. The SMILES string of the molecule is C/C=C\C=C/C(C)c1ccc(/C=C2\N=C(c3cnn(CCOC(C)=O)c3)B=C(CN(S)SF)N2)cn1. The molecule has 0 saturated heterocycles. The maximum absolute atomic E-state index is 13.0. The number of nitrogens with one attached hydrogen (secondary N) is 1. The third-order valence-corrected chi connectivity index (χ3v) is 5.68. The molecule has 2 aromatic rings. The predicted octanol–water partition coefficient (Wildman–Crippen LogP) is 3.94. The van der Waals surface area contributed by atoms with Crippen LogP contribution in [0.25, 0.3) is 6.08 Å². The van der Waals surface area contributed by atoms with Crippen LogP contribution in [0, 0.1) is 0 Å². The molecule has 1 atom stereocenters. The second-order valence-electron chi connectivity index (χ2n) is 7.95. The fraction of sp³-hybridized carbons (Fsp3) is 0.292. The first kappa shape index (κ1) is 27.6. The molecular formula is C24H28BFN6O2S2. The molecule has 3 rings (SSSR count). The Morgan fingerprint density at radius 2 is 2.22 bits per heavy atom. The second kappa shape index (κ2) is 14.0. The minimum absolute atomic E-state index is 0.0271. The van der Waals surface area contributed by atoms with Crippen molar-refractivity contribution in [3.63, 3.8) is 0 Å². The van der Waals surface area contributed by atoms with E-state index in [1.807, 2.05) is 56.5 Å². The molecule has 0 fully saturated rings. The number of carbonyl (C=O) groups is 1. The van der Waals surface area contributed by atoms with Crippen molar-refractivity contribution in [3.8, 4) is 0 Å². The summed E-state index contributed by atoms with van der Waals surface area (Å²) in [5.41, 5.74) is 3.98. The molecule has 1 aliphatic rings. The summed E-state index contributed by atoms with van der Waals surface area (Å²) in [4.78, 5) is 20.3. The maximum atomic E-state index is 13.0. The summed E-state index contributed by atoms with van der Waals surface area (Å²) >= 11 is 4.14. The summed E-state index contributed by atoms with van der Waals surface area (Å²) in [6, 6.07) is 3.98. The molecule has 2 aromatic heterocycles. The van der Waals surface area contributed by atoms with Crippen LogP contribution in [0.5, 0.6) is 0 Å². The van der Waals surface area contributed by atoms with E-state index in [4.69, 9.17) is 9.73 Å². The molecule has 3 heterocycles. The number of allylic oxidation sites excluding steroid dienone is 4. The van der Waals surface area contributed by atoms with E-state index < -0.39 is 0 Å². The normalized spacial score (nSPS) is 15.7. The van der Waals surface area contributed by atoms with Crippen LogP contribution in [0.3, 0.4) is 0 Å². The average molecular weight is 526 g/mol. The second-order valence-corrected chi connectivity index (χ2v) is 9.28. The van der Waals surface area contributed by atoms with Crippen LogP contribution in [0.4, 0.5) is 3.89 Å². The van der Waals surface area contributed by atoms with Crippen LogP contribution in [-0.2, 0) is 16.1 Å². The number of thiol groups is 1. The Balaban J connectivity index is 1.82. The molecule has 0 saturated carbocycles. The van der Waals surface area contributed by atoms with Gasteiger partial charge in [0.1, 0.15) is 0 Å². The zero-order valence-electron chi connectivity index (χ0n) is 20.3. The number of rotatable bonds is 11. The van der Waals surface area contributed by atoms with E-state index in [2.05, 4.69) is 41.2 Å². The standard InChI is InChI=1S/C24H28BFN6O2S2/c1-4-5-6-7-17(2)21-9-8-19(13-27-21)12-23-29-22(16-32(35)36-26)25-24(30-23)20-14-28-31(15-20)10-11-34-18(3)33/h4-9,12-15,17,29,35H,10-11,16H2,1-3H3/b5-4-,7-6-,23-12-. The molecule has 36 heavy (non-hydrogen) atoms. The number of halogens is 1. The molecule has 0 aliphatic carbocycles. The number of ether oxygens (including phenoxy) is 1. The van der Waals surface area contributed by atoms with Gasteiger partial charge in [-0.05, 0) is 6.92 Å². The zero-order valence-corrected chi connectivity index (χ0v) is 22.0. The van der Waals surface area contributed by atoms with Gasteiger partial charge in [0.05, 0.1) is 0 Å². The summed E-state index contributed by atoms with van der Waals surface area (Å²) in [5, 5.41) is 7.54. The molecule has 1 unspecified atom stereocenters. The van der Waals surface area contributed by atoms with Crippen molar-refractivity contribution < 1.29 is 13.4 Å². The van der Waals surface area contributed by atoms with E-state index in [1.165, 1.54) is 10.6 Å². The number of nitrogens with zero attached hydrogens (tertiary/aromatic N) is 5. The average Bonchev–Trinajstić information content (AvgIpc) is 3.33. The Morgan fingerprint density at radius 1 is 1.39 bits per heavy atom. The van der Waals surface area contributed by atoms with Crippen molar-refractivity contribution in [3.05, 3.63) is 77.7 Å². The molecule has 0 bridgehead atoms. The van der Waals surface area contributed by atoms with Crippen molar-refractivity contribution in [2.24, 2.45) is 4.99 Å². The molecule has 8 nitrogen and oxygen atoms in total. The molecule has 1 aliphatic heterocycles. The molecule has 1 N–H and O–H groups in total. The summed E-state index contributed by atoms with van der Waals surface area (Å²) in [7, 11) is 0. The van der Waals surface area contributed by atoms with Crippen molar-refractivity contribution in [2.75, 3.05) is 13.2 Å². The van der Waals surface area contributed by atoms with E-state index in [0.717, 1.165) is 16.8 Å². The number of aliphatic imine (C=N–C) groups is 1. The van der Waals surface area contributed by atoms with Crippen LogP contribution in [0.15, 0.2) is 65.8 Å². The van der Waals surface area contributed by atoms with E-state index in [-0.39, 0.29) is 37.4 Å². The monoisotopic (exact) mass is 526 g/mol. The van der Waals surface area contributed by atoms with E-state index in [9.17, 15) is 8.68 Å². The first-order chi connectivity index (χ1) is 17.4. The van der Waals surface area contributed by atoms with Crippen LogP contribution < -0.4 is 5.32 Å². The third kappa shape index (κ3) is 8.61. The van der Waals surface area contributed by atoms with Crippen LogP contribution in [-0.4, -0.2) is 55.7 Å². The van der Waals surface area contributed by atoms with Crippen molar-refractivity contribution in [2.45, 2.75) is 33.2 Å². The minimum atomic E-state index is -0.336. The number of hydrogen-bond acceptors (Lipinski definition) is 9. The van der Waals surface area contributed by atoms with E-state index in [0.29, 0.717) is 23.6 Å². The first-order valence-electron chi connectivity index (χ1n) is 11.3. The molecular weight excluding hydrogens is 498 g/mol. The zero-order chi connectivity index (χ0) is 25.9.